The Morgan fingerprint density at radius 3 is 1.16 bits per heavy atom. The number of carbonyl (C=O) groups excluding carboxylic acids is 8. The minimum atomic E-state index is -1.33. The van der Waals surface area contributed by atoms with Crippen molar-refractivity contribution in [2.75, 3.05) is 92.4 Å². The van der Waals surface area contributed by atoms with Crippen molar-refractivity contribution >= 4 is 47.4 Å². The molecule has 1 aromatic rings. The molecule has 0 spiro atoms. The predicted molar refractivity (Wildman–Crippen MR) is 379 cm³/mol. The van der Waals surface area contributed by atoms with Crippen LogP contribution in [0, 0.1) is 53.3 Å². The van der Waals surface area contributed by atoms with Gasteiger partial charge >= 0.3 is 23.9 Å². The van der Waals surface area contributed by atoms with E-state index in [2.05, 4.69) is 78.3 Å². The standard InChI is InChI=1S/C77H129N3O21/c1-53-56(4)67(47-95-62(10)81)99-74(59(53)7)92-40-26-17-13-14-23-32-66(84)35-43-89-50-77(80-72(87)33-29-34-73(88)98-46-65-30-21-20-22-31-65,51-90-44-36-70(85)78-38-24-15-18-27-41-93-75-60(8)54(2)57(5)68(100-75)48-96-63(11)82)52-91-45-37-71(86)79-39-25-16-19-28-42-94-76-61(9)55(3)58(6)69(101-76)49-97-64(12)83/h20-22,30-31,53-61,67-69,74-76H,13-19,23-29,32-52H2,1-12H3,(H,78,85)(H,79,86)(H,80,87)/t53-,54-,55-,56+,57+,58+,59?,60?,61?,67?,68?,69?,74+,75+,76+,77?/m0/s1. The van der Waals surface area contributed by atoms with Crippen LogP contribution in [-0.2, 0) is 107 Å². The molecule has 3 N–H and O–H groups in total. The topological polar surface area (TPSA) is 293 Å². The summed E-state index contributed by atoms with van der Waals surface area (Å²) in [5.74, 6) is -0.0363. The summed E-state index contributed by atoms with van der Waals surface area (Å²) in [4.78, 5) is 101. The van der Waals surface area contributed by atoms with Gasteiger partial charge in [0, 0.05) is 110 Å². The highest BCUT2D eigenvalue weighted by atomic mass is 16.7. The average molecular weight is 1430 g/mol. The molecule has 0 saturated carbocycles. The Hall–Kier alpha value is -5.18. The molecule has 3 aliphatic heterocycles. The monoisotopic (exact) mass is 1430 g/mol. The van der Waals surface area contributed by atoms with E-state index < -0.39 is 17.4 Å². The summed E-state index contributed by atoms with van der Waals surface area (Å²) >= 11 is 0. The maximum atomic E-state index is 13.9. The number of ether oxygens (including phenoxy) is 13. The van der Waals surface area contributed by atoms with E-state index in [0.29, 0.717) is 57.1 Å². The molecule has 15 atom stereocenters. The third-order valence-electron chi connectivity index (χ3n) is 20.6. The zero-order chi connectivity index (χ0) is 74.0. The molecular formula is C77H129N3O21. The van der Waals surface area contributed by atoms with Crippen molar-refractivity contribution in [1.29, 1.82) is 0 Å². The summed E-state index contributed by atoms with van der Waals surface area (Å²) in [7, 11) is 0. The maximum Gasteiger partial charge on any atom is 0.306 e. The lowest BCUT2D eigenvalue weighted by Gasteiger charge is -2.43. The minimum Gasteiger partial charge on any atom is -0.463 e. The van der Waals surface area contributed by atoms with Crippen molar-refractivity contribution < 1.29 is 99.9 Å². The van der Waals surface area contributed by atoms with Crippen LogP contribution in [0.15, 0.2) is 30.3 Å². The van der Waals surface area contributed by atoms with Crippen LogP contribution in [0.2, 0.25) is 0 Å². The van der Waals surface area contributed by atoms with E-state index >= 15 is 0 Å². The molecule has 3 aliphatic rings. The minimum absolute atomic E-state index is 0.00129. The van der Waals surface area contributed by atoms with Crippen molar-refractivity contribution in [1.82, 2.24) is 16.0 Å². The summed E-state index contributed by atoms with van der Waals surface area (Å²) in [5, 5.41) is 9.03. The lowest BCUT2D eigenvalue weighted by Crippen LogP contribution is -2.58. The molecule has 3 saturated heterocycles. The molecule has 3 heterocycles. The first-order valence-corrected chi connectivity index (χ1v) is 37.9. The average Bonchev–Trinajstić information content (AvgIpc) is 0.824. The normalized spacial score (nSPS) is 25.6. The van der Waals surface area contributed by atoms with Crippen LogP contribution in [0.25, 0.3) is 0 Å². The van der Waals surface area contributed by atoms with Gasteiger partial charge in [-0.1, -0.05) is 138 Å². The molecule has 0 bridgehead atoms. The lowest BCUT2D eigenvalue weighted by atomic mass is 9.79. The third kappa shape index (κ3) is 35.9. The predicted octanol–water partition coefficient (Wildman–Crippen LogP) is 10.9. The summed E-state index contributed by atoms with van der Waals surface area (Å²) in [5.41, 5.74) is -0.482. The first-order chi connectivity index (χ1) is 48.4. The van der Waals surface area contributed by atoms with Gasteiger partial charge in [-0.25, -0.2) is 0 Å². The molecule has 0 aromatic heterocycles. The van der Waals surface area contributed by atoms with E-state index in [4.69, 9.17) is 61.6 Å². The van der Waals surface area contributed by atoms with E-state index in [-0.39, 0.29) is 213 Å². The quantitative estimate of drug-likeness (QED) is 0.0310. The van der Waals surface area contributed by atoms with Crippen LogP contribution in [0.3, 0.4) is 0 Å². The van der Waals surface area contributed by atoms with Crippen LogP contribution in [0.5, 0.6) is 0 Å². The third-order valence-corrected chi connectivity index (χ3v) is 20.6. The fraction of sp³-hybridized carbons (Fsp3) is 0.818. The first kappa shape index (κ1) is 88.2. The number of hydrogen-bond donors (Lipinski definition) is 3. The van der Waals surface area contributed by atoms with Gasteiger partial charge < -0.3 is 77.5 Å². The first-order valence-electron chi connectivity index (χ1n) is 37.9. The Labute approximate surface area is 603 Å². The van der Waals surface area contributed by atoms with Crippen LogP contribution in [0.4, 0.5) is 0 Å². The van der Waals surface area contributed by atoms with Gasteiger partial charge in [-0.3, -0.25) is 38.4 Å². The number of rotatable bonds is 53. The number of esters is 4. The van der Waals surface area contributed by atoms with Gasteiger partial charge in [0.15, 0.2) is 18.9 Å². The molecule has 3 amide bonds. The van der Waals surface area contributed by atoms with E-state index in [1.165, 1.54) is 20.8 Å². The highest BCUT2D eigenvalue weighted by Crippen LogP contribution is 2.38. The fourth-order valence-electron chi connectivity index (χ4n) is 12.8. The molecule has 0 aliphatic carbocycles. The SMILES string of the molecule is CC(=O)OCC1O[C@@H](OCCCCCCCC(=O)CCOCC(COCCC(=O)NCCCCCCO[C@@H]2OC(COC(C)=O)[C@H](C)[C@H](C)C2C)(COCCC(=O)NCCCCCCO[C@@H]2OC(COC(C)=O)[C@H](C)[C@H](C)C2C)NC(=O)CCCC(=O)OCc2ccccc2)C(C)[C@@H](C)[C@H]1C. The number of ketones is 1. The van der Waals surface area contributed by atoms with Gasteiger partial charge in [0.2, 0.25) is 17.7 Å². The molecule has 24 heteroatoms. The Balaban J connectivity index is 1.28. The van der Waals surface area contributed by atoms with E-state index in [0.717, 1.165) is 89.0 Å². The Bertz CT molecular complexity index is 2320. The lowest BCUT2D eigenvalue weighted by molar-refractivity contribution is -0.255. The molecule has 0 radical (unpaired) electrons. The molecule has 1 aromatic carbocycles. The van der Waals surface area contributed by atoms with E-state index in [1.54, 1.807) is 0 Å². The number of benzene rings is 1. The Kier molecular flexibility index (Phi) is 43.9. The highest BCUT2D eigenvalue weighted by Gasteiger charge is 2.43. The fourth-order valence-corrected chi connectivity index (χ4v) is 12.8. The van der Waals surface area contributed by atoms with Crippen molar-refractivity contribution in [2.45, 2.75) is 261 Å². The van der Waals surface area contributed by atoms with Crippen molar-refractivity contribution in [3.05, 3.63) is 35.9 Å². The largest absolute Gasteiger partial charge is 0.463 e. The number of amides is 3. The Morgan fingerprint density at radius 1 is 0.376 bits per heavy atom. The summed E-state index contributed by atoms with van der Waals surface area (Å²) in [6.07, 6.45) is 9.97. The number of unbranched alkanes of at least 4 members (excludes halogenated alkanes) is 10. The van der Waals surface area contributed by atoms with E-state index in [9.17, 15) is 38.4 Å². The zero-order valence-electron chi connectivity index (χ0n) is 63.4. The summed E-state index contributed by atoms with van der Waals surface area (Å²) < 4.78 is 77.0. The highest BCUT2D eigenvalue weighted by molar-refractivity contribution is 5.79. The molecule has 578 valence electrons. The summed E-state index contributed by atoms with van der Waals surface area (Å²) in [6.45, 7) is 26.4. The molecule has 6 unspecified atom stereocenters. The number of hydrogen-bond acceptors (Lipinski definition) is 21. The van der Waals surface area contributed by atoms with Crippen LogP contribution in [0.1, 0.15) is 217 Å². The van der Waals surface area contributed by atoms with Crippen molar-refractivity contribution in [2.24, 2.45) is 53.3 Å². The van der Waals surface area contributed by atoms with Gasteiger partial charge in [0.1, 0.15) is 37.7 Å². The maximum absolute atomic E-state index is 13.9. The number of Topliss-reactive ketones (excluding diaryl/α,β-unsaturated/α-hetero) is 1. The van der Waals surface area contributed by atoms with Gasteiger partial charge in [0.25, 0.3) is 0 Å². The summed E-state index contributed by atoms with van der Waals surface area (Å²) in [6, 6.07) is 9.31. The smallest absolute Gasteiger partial charge is 0.306 e. The van der Waals surface area contributed by atoms with Crippen LogP contribution < -0.4 is 16.0 Å². The van der Waals surface area contributed by atoms with Gasteiger partial charge in [-0.2, -0.15) is 0 Å². The molecule has 4 rings (SSSR count). The molecule has 101 heavy (non-hydrogen) atoms. The zero-order valence-corrected chi connectivity index (χ0v) is 63.4. The number of carbonyl (C=O) groups is 8. The second kappa shape index (κ2) is 50.3. The van der Waals surface area contributed by atoms with Crippen LogP contribution in [-0.4, -0.2) is 182 Å². The molecular weight excluding hydrogens is 1300 g/mol. The molecule has 3 fully saturated rings. The van der Waals surface area contributed by atoms with Crippen LogP contribution >= 0.6 is 0 Å². The molecule has 24 nitrogen and oxygen atoms in total. The van der Waals surface area contributed by atoms with Gasteiger partial charge in [0.05, 0.1) is 58.0 Å². The second-order valence-electron chi connectivity index (χ2n) is 28.7. The van der Waals surface area contributed by atoms with Crippen molar-refractivity contribution in [3.63, 3.8) is 0 Å². The van der Waals surface area contributed by atoms with Gasteiger partial charge in [-0.05, 0) is 86.0 Å². The second-order valence-corrected chi connectivity index (χ2v) is 28.7. The number of nitrogens with one attached hydrogen (secondary N) is 3. The van der Waals surface area contributed by atoms with Crippen molar-refractivity contribution in [3.8, 4) is 0 Å². The van der Waals surface area contributed by atoms with Gasteiger partial charge in [-0.15, -0.1) is 0 Å². The Morgan fingerprint density at radius 2 is 0.752 bits per heavy atom. The van der Waals surface area contributed by atoms with E-state index in [1.807, 2.05) is 30.3 Å².